The summed E-state index contributed by atoms with van der Waals surface area (Å²) in [6.07, 6.45) is 1.32. The third kappa shape index (κ3) is 2.74. The van der Waals surface area contributed by atoms with Crippen molar-refractivity contribution in [2.75, 3.05) is 20.3 Å². The van der Waals surface area contributed by atoms with Crippen LogP contribution in [-0.4, -0.2) is 30.5 Å². The number of aromatic nitrogens is 2. The van der Waals surface area contributed by atoms with Gasteiger partial charge in [-0.05, 0) is 31.0 Å². The van der Waals surface area contributed by atoms with Crippen molar-refractivity contribution in [1.82, 2.24) is 10.1 Å². The van der Waals surface area contributed by atoms with Crippen LogP contribution in [0.4, 0.5) is 0 Å². The van der Waals surface area contributed by atoms with Gasteiger partial charge in [0.1, 0.15) is 11.3 Å². The maximum absolute atomic E-state index is 6.34. The zero-order valence-corrected chi connectivity index (χ0v) is 12.4. The molecule has 21 heavy (non-hydrogen) atoms. The van der Waals surface area contributed by atoms with Crippen LogP contribution in [-0.2, 0) is 10.3 Å². The lowest BCUT2D eigenvalue weighted by Gasteiger charge is -2.29. The van der Waals surface area contributed by atoms with E-state index >= 15 is 0 Å². The molecule has 0 unspecified atom stereocenters. The molecule has 2 N–H and O–H groups in total. The predicted octanol–water partition coefficient (Wildman–Crippen LogP) is 2.36. The Bertz CT molecular complexity index is 638. The highest BCUT2D eigenvalue weighted by atomic mass is 35.5. The van der Waals surface area contributed by atoms with Gasteiger partial charge in [0.25, 0.3) is 0 Å². The van der Waals surface area contributed by atoms with Crippen molar-refractivity contribution in [2.45, 2.75) is 18.4 Å². The fraction of sp³-hybridized carbons (Fsp3) is 0.429. The van der Waals surface area contributed by atoms with Crippen LogP contribution in [0.25, 0.3) is 11.4 Å². The first-order valence-corrected chi connectivity index (χ1v) is 7.05. The fourth-order valence-electron chi connectivity index (χ4n) is 2.33. The van der Waals surface area contributed by atoms with E-state index in [-0.39, 0.29) is 0 Å². The Kier molecular flexibility index (Phi) is 3.84. The second-order valence-electron chi connectivity index (χ2n) is 5.04. The number of nitrogens with two attached hydrogens (primary N) is 1. The molecular formula is C14H16ClN3O3. The highest BCUT2D eigenvalue weighted by Gasteiger charge is 2.36. The number of benzene rings is 1. The summed E-state index contributed by atoms with van der Waals surface area (Å²) < 4.78 is 16.0. The van der Waals surface area contributed by atoms with E-state index in [1.807, 2.05) is 0 Å². The van der Waals surface area contributed by atoms with Crippen LogP contribution in [0.2, 0.25) is 5.02 Å². The van der Waals surface area contributed by atoms with Crippen molar-refractivity contribution < 1.29 is 14.0 Å². The quantitative estimate of drug-likeness (QED) is 0.937. The molecular weight excluding hydrogens is 294 g/mol. The number of methoxy groups -OCH3 is 1. The number of rotatable bonds is 3. The monoisotopic (exact) mass is 309 g/mol. The molecule has 112 valence electrons. The first-order chi connectivity index (χ1) is 10.1. The lowest BCUT2D eigenvalue weighted by molar-refractivity contribution is 0.0400. The van der Waals surface area contributed by atoms with Crippen LogP contribution in [0.1, 0.15) is 18.7 Å². The summed E-state index contributed by atoms with van der Waals surface area (Å²) in [5, 5.41) is 4.60. The first kappa shape index (κ1) is 14.3. The number of halogens is 1. The van der Waals surface area contributed by atoms with Gasteiger partial charge in [-0.1, -0.05) is 16.8 Å². The Morgan fingerprint density at radius 2 is 2.10 bits per heavy atom. The van der Waals surface area contributed by atoms with Crippen molar-refractivity contribution in [3.63, 3.8) is 0 Å². The van der Waals surface area contributed by atoms with E-state index in [1.165, 1.54) is 0 Å². The zero-order chi connectivity index (χ0) is 14.9. The Morgan fingerprint density at radius 1 is 1.33 bits per heavy atom. The minimum Gasteiger partial charge on any atom is -0.496 e. The van der Waals surface area contributed by atoms with Crippen LogP contribution < -0.4 is 10.5 Å². The van der Waals surface area contributed by atoms with Gasteiger partial charge in [-0.25, -0.2) is 0 Å². The van der Waals surface area contributed by atoms with Crippen LogP contribution in [0.5, 0.6) is 5.75 Å². The summed E-state index contributed by atoms with van der Waals surface area (Å²) in [6, 6.07) is 5.25. The van der Waals surface area contributed by atoms with E-state index in [1.54, 1.807) is 25.3 Å². The van der Waals surface area contributed by atoms with Gasteiger partial charge in [-0.3, -0.25) is 0 Å². The summed E-state index contributed by atoms with van der Waals surface area (Å²) in [6.45, 7) is 1.19. The number of nitrogens with zero attached hydrogens (tertiary/aromatic N) is 2. The molecule has 0 spiro atoms. The number of hydrogen-bond donors (Lipinski definition) is 1. The first-order valence-electron chi connectivity index (χ1n) is 6.67. The molecule has 1 aromatic carbocycles. The third-order valence-corrected chi connectivity index (χ3v) is 3.88. The maximum atomic E-state index is 6.34. The lowest BCUT2D eigenvalue weighted by atomic mass is 9.91. The van der Waals surface area contributed by atoms with Crippen molar-refractivity contribution >= 4 is 11.6 Å². The largest absolute Gasteiger partial charge is 0.496 e. The Labute approximate surface area is 127 Å². The molecule has 1 aliphatic rings. The Balaban J connectivity index is 1.95. The molecule has 2 aromatic rings. The zero-order valence-electron chi connectivity index (χ0n) is 11.6. The smallest absolute Gasteiger partial charge is 0.247 e. The molecule has 0 saturated carbocycles. The molecule has 0 aliphatic carbocycles. The summed E-state index contributed by atoms with van der Waals surface area (Å²) in [7, 11) is 1.57. The molecule has 1 aromatic heterocycles. The normalized spacial score (nSPS) is 17.7. The fourth-order valence-corrected chi connectivity index (χ4v) is 2.50. The maximum Gasteiger partial charge on any atom is 0.247 e. The standard InChI is InChI=1S/C14H16ClN3O3/c1-19-11-8-9(15)2-3-10(11)12-17-13(21-18-12)14(16)4-6-20-7-5-14/h2-3,8H,4-7,16H2,1H3. The SMILES string of the molecule is COc1cc(Cl)ccc1-c1noc(C2(N)CCOCC2)n1. The van der Waals surface area contributed by atoms with Gasteiger partial charge < -0.3 is 19.7 Å². The second kappa shape index (κ2) is 5.63. The molecule has 1 fully saturated rings. The molecule has 2 heterocycles. The minimum absolute atomic E-state index is 0.429. The van der Waals surface area contributed by atoms with Gasteiger partial charge in [0.05, 0.1) is 12.7 Å². The van der Waals surface area contributed by atoms with Crippen LogP contribution in [0.15, 0.2) is 22.7 Å². The average molecular weight is 310 g/mol. The van der Waals surface area contributed by atoms with Gasteiger partial charge in [-0.15, -0.1) is 0 Å². The van der Waals surface area contributed by atoms with Crippen LogP contribution in [0.3, 0.4) is 0 Å². The molecule has 0 atom stereocenters. The van der Waals surface area contributed by atoms with E-state index in [4.69, 9.17) is 31.3 Å². The lowest BCUT2D eigenvalue weighted by Crippen LogP contribution is -2.42. The topological polar surface area (TPSA) is 83.4 Å². The van der Waals surface area contributed by atoms with Crippen molar-refractivity contribution in [3.8, 4) is 17.1 Å². The van der Waals surface area contributed by atoms with Gasteiger partial charge >= 0.3 is 0 Å². The summed E-state index contributed by atoms with van der Waals surface area (Å²) in [5.41, 5.74) is 6.43. The van der Waals surface area contributed by atoms with Crippen molar-refractivity contribution in [3.05, 3.63) is 29.1 Å². The summed E-state index contributed by atoms with van der Waals surface area (Å²) >= 11 is 5.95. The third-order valence-electron chi connectivity index (χ3n) is 3.64. The molecule has 0 amide bonds. The number of ether oxygens (including phenoxy) is 2. The highest BCUT2D eigenvalue weighted by Crippen LogP contribution is 2.33. The minimum atomic E-state index is -0.622. The molecule has 0 radical (unpaired) electrons. The van der Waals surface area contributed by atoms with Crippen molar-refractivity contribution in [1.29, 1.82) is 0 Å². The highest BCUT2D eigenvalue weighted by molar-refractivity contribution is 6.30. The van der Waals surface area contributed by atoms with Crippen LogP contribution in [0, 0.1) is 0 Å². The molecule has 7 heteroatoms. The molecule has 3 rings (SSSR count). The van der Waals surface area contributed by atoms with Gasteiger partial charge in [-0.2, -0.15) is 4.98 Å². The van der Waals surface area contributed by atoms with E-state index in [0.717, 1.165) is 0 Å². The van der Waals surface area contributed by atoms with E-state index in [9.17, 15) is 0 Å². The predicted molar refractivity (Wildman–Crippen MR) is 77.2 cm³/mol. The van der Waals surface area contributed by atoms with E-state index < -0.39 is 5.54 Å². The Hall–Kier alpha value is -1.63. The van der Waals surface area contributed by atoms with Crippen LogP contribution >= 0.6 is 11.6 Å². The van der Waals surface area contributed by atoms with Gasteiger partial charge in [0.2, 0.25) is 11.7 Å². The molecule has 6 nitrogen and oxygen atoms in total. The average Bonchev–Trinajstić information content (AvgIpc) is 2.98. The second-order valence-corrected chi connectivity index (χ2v) is 5.47. The van der Waals surface area contributed by atoms with E-state index in [0.29, 0.717) is 54.1 Å². The van der Waals surface area contributed by atoms with Gasteiger partial charge in [0.15, 0.2) is 0 Å². The molecule has 1 saturated heterocycles. The number of hydrogen-bond acceptors (Lipinski definition) is 6. The van der Waals surface area contributed by atoms with E-state index in [2.05, 4.69) is 10.1 Å². The summed E-state index contributed by atoms with van der Waals surface area (Å²) in [5.74, 6) is 1.46. The molecule has 0 bridgehead atoms. The Morgan fingerprint density at radius 3 is 2.81 bits per heavy atom. The van der Waals surface area contributed by atoms with Crippen molar-refractivity contribution in [2.24, 2.45) is 5.73 Å². The van der Waals surface area contributed by atoms with Gasteiger partial charge in [0, 0.05) is 18.2 Å². The summed E-state index contributed by atoms with van der Waals surface area (Å²) in [4.78, 5) is 4.43. The molecule has 1 aliphatic heterocycles.